The van der Waals surface area contributed by atoms with Gasteiger partial charge in [-0.25, -0.2) is 4.79 Å². The van der Waals surface area contributed by atoms with Crippen molar-refractivity contribution in [3.8, 4) is 0 Å². The van der Waals surface area contributed by atoms with Crippen molar-refractivity contribution in [1.29, 1.82) is 0 Å². The number of likely N-dealkylation sites (N-methyl/N-ethyl adjacent to an activating group) is 1. The molecule has 0 radical (unpaired) electrons. The maximum atomic E-state index is 12.2. The molecule has 22 heavy (non-hydrogen) atoms. The molecule has 6 heteroatoms. The molecule has 2 heterocycles. The largest absolute Gasteiger partial charge is 0.444 e. The summed E-state index contributed by atoms with van der Waals surface area (Å²) in [6.45, 7) is 10.9. The van der Waals surface area contributed by atoms with E-state index in [0.717, 1.165) is 45.8 Å². The van der Waals surface area contributed by atoms with Gasteiger partial charge < -0.3 is 19.3 Å². The number of amides is 1. The number of hydrogen-bond acceptors (Lipinski definition) is 5. The lowest BCUT2D eigenvalue weighted by atomic mass is 10.1. The third-order valence-corrected chi connectivity index (χ3v) is 4.07. The van der Waals surface area contributed by atoms with Crippen LogP contribution in [-0.4, -0.2) is 92.0 Å². The molecule has 0 bridgehead atoms. The molecule has 0 N–H and O–H groups in total. The second kappa shape index (κ2) is 7.15. The molecule has 2 saturated heterocycles. The summed E-state index contributed by atoms with van der Waals surface area (Å²) in [4.78, 5) is 18.6. The molecule has 2 aliphatic rings. The van der Waals surface area contributed by atoms with Crippen LogP contribution in [-0.2, 0) is 9.47 Å². The van der Waals surface area contributed by atoms with Crippen molar-refractivity contribution in [2.75, 3.05) is 53.4 Å². The van der Waals surface area contributed by atoms with E-state index in [-0.39, 0.29) is 12.2 Å². The summed E-state index contributed by atoms with van der Waals surface area (Å²) in [5.41, 5.74) is -0.426. The first-order valence-electron chi connectivity index (χ1n) is 8.23. The second-order valence-corrected chi connectivity index (χ2v) is 7.62. The molecule has 1 unspecified atom stereocenters. The normalized spacial score (nSPS) is 27.5. The Labute approximate surface area is 134 Å². The van der Waals surface area contributed by atoms with E-state index >= 15 is 0 Å². The summed E-state index contributed by atoms with van der Waals surface area (Å²) >= 11 is 0. The van der Waals surface area contributed by atoms with E-state index < -0.39 is 5.60 Å². The van der Waals surface area contributed by atoms with E-state index in [1.54, 1.807) is 0 Å². The summed E-state index contributed by atoms with van der Waals surface area (Å²) in [5.74, 6) is 0. The van der Waals surface area contributed by atoms with Gasteiger partial charge in [-0.3, -0.25) is 4.90 Å². The molecule has 2 rings (SSSR count). The Morgan fingerprint density at radius 1 is 1.27 bits per heavy atom. The van der Waals surface area contributed by atoms with Crippen LogP contribution in [0.2, 0.25) is 0 Å². The van der Waals surface area contributed by atoms with Gasteiger partial charge in [0.1, 0.15) is 5.60 Å². The fourth-order valence-corrected chi connectivity index (χ4v) is 3.12. The fraction of sp³-hybridized carbons (Fsp3) is 0.938. The molecule has 0 aromatic heterocycles. The van der Waals surface area contributed by atoms with Crippen LogP contribution in [0.15, 0.2) is 0 Å². The average Bonchev–Trinajstić information content (AvgIpc) is 2.85. The first-order chi connectivity index (χ1) is 10.2. The van der Waals surface area contributed by atoms with Gasteiger partial charge in [0.2, 0.25) is 0 Å². The van der Waals surface area contributed by atoms with Crippen molar-refractivity contribution in [2.24, 2.45) is 0 Å². The van der Waals surface area contributed by atoms with Crippen LogP contribution < -0.4 is 0 Å². The van der Waals surface area contributed by atoms with Gasteiger partial charge >= 0.3 is 6.09 Å². The van der Waals surface area contributed by atoms with Crippen LogP contribution in [0.25, 0.3) is 0 Å². The van der Waals surface area contributed by atoms with Gasteiger partial charge in [-0.2, -0.15) is 0 Å². The van der Waals surface area contributed by atoms with Crippen molar-refractivity contribution < 1.29 is 14.3 Å². The summed E-state index contributed by atoms with van der Waals surface area (Å²) in [5, 5.41) is 0. The third kappa shape index (κ3) is 5.11. The zero-order valence-corrected chi connectivity index (χ0v) is 14.7. The number of likely N-dealkylation sites (tertiary alicyclic amines) is 1. The van der Waals surface area contributed by atoms with Crippen LogP contribution in [0, 0.1) is 0 Å². The molecule has 0 aromatic carbocycles. The van der Waals surface area contributed by atoms with Crippen molar-refractivity contribution in [3.63, 3.8) is 0 Å². The highest BCUT2D eigenvalue weighted by Crippen LogP contribution is 2.21. The summed E-state index contributed by atoms with van der Waals surface area (Å²) < 4.78 is 11.3. The first kappa shape index (κ1) is 17.5. The van der Waals surface area contributed by atoms with Crippen molar-refractivity contribution in [2.45, 2.75) is 44.9 Å². The number of ether oxygens (including phenoxy) is 2. The van der Waals surface area contributed by atoms with E-state index in [0.29, 0.717) is 6.04 Å². The molecule has 0 saturated carbocycles. The quantitative estimate of drug-likeness (QED) is 0.785. The molecule has 1 amide bonds. The zero-order chi connectivity index (χ0) is 16.3. The number of carbonyl (C=O) groups is 1. The third-order valence-electron chi connectivity index (χ3n) is 4.07. The monoisotopic (exact) mass is 313 g/mol. The molecule has 0 spiro atoms. The Morgan fingerprint density at radius 2 is 2.00 bits per heavy atom. The highest BCUT2D eigenvalue weighted by molar-refractivity contribution is 5.68. The lowest BCUT2D eigenvalue weighted by molar-refractivity contribution is -0.0504. The van der Waals surface area contributed by atoms with Crippen molar-refractivity contribution >= 4 is 6.09 Å². The number of morpholine rings is 1. The number of nitrogens with zero attached hydrogens (tertiary/aromatic N) is 3. The lowest BCUT2D eigenvalue weighted by Crippen LogP contribution is -2.51. The minimum atomic E-state index is -0.426. The summed E-state index contributed by atoms with van der Waals surface area (Å²) in [6, 6.07) is 0.432. The van der Waals surface area contributed by atoms with Gasteiger partial charge in [0.15, 0.2) is 0 Å². The van der Waals surface area contributed by atoms with Gasteiger partial charge in [0, 0.05) is 38.8 Å². The van der Waals surface area contributed by atoms with E-state index in [9.17, 15) is 4.79 Å². The minimum absolute atomic E-state index is 0.187. The molecule has 6 nitrogen and oxygen atoms in total. The Morgan fingerprint density at radius 3 is 2.64 bits per heavy atom. The Bertz CT molecular complexity index is 381. The summed E-state index contributed by atoms with van der Waals surface area (Å²) in [6.07, 6.45) is 1.10. The highest BCUT2D eigenvalue weighted by Gasteiger charge is 2.35. The second-order valence-electron chi connectivity index (χ2n) is 7.62. The predicted octanol–water partition coefficient (Wildman–Crippen LogP) is 1.26. The summed E-state index contributed by atoms with van der Waals surface area (Å²) in [7, 11) is 4.14. The lowest BCUT2D eigenvalue weighted by Gasteiger charge is -2.37. The number of rotatable bonds is 3. The van der Waals surface area contributed by atoms with Crippen LogP contribution in [0.1, 0.15) is 27.2 Å². The standard InChI is InChI=1S/C16H31N3O3/c1-16(2,3)22-15(20)19-7-6-13(10-19)18-8-9-21-14(12-18)11-17(4)5/h13-14H,6-12H2,1-5H3/t13-,14?/m1/s1. The highest BCUT2D eigenvalue weighted by atomic mass is 16.6. The van der Waals surface area contributed by atoms with Gasteiger partial charge in [0.05, 0.1) is 12.7 Å². The minimum Gasteiger partial charge on any atom is -0.444 e. The maximum Gasteiger partial charge on any atom is 0.410 e. The molecular weight excluding hydrogens is 282 g/mol. The molecular formula is C16H31N3O3. The Kier molecular flexibility index (Phi) is 5.69. The molecule has 0 aliphatic carbocycles. The van der Waals surface area contributed by atoms with E-state index in [2.05, 4.69) is 23.9 Å². The van der Waals surface area contributed by atoms with Gasteiger partial charge in [0.25, 0.3) is 0 Å². The molecule has 2 fully saturated rings. The van der Waals surface area contributed by atoms with Gasteiger partial charge in [-0.05, 0) is 41.3 Å². The molecule has 2 aliphatic heterocycles. The van der Waals surface area contributed by atoms with E-state index in [1.807, 2.05) is 25.7 Å². The van der Waals surface area contributed by atoms with E-state index in [4.69, 9.17) is 9.47 Å². The van der Waals surface area contributed by atoms with Gasteiger partial charge in [-0.15, -0.1) is 0 Å². The predicted molar refractivity (Wildman–Crippen MR) is 86.1 cm³/mol. The Hall–Kier alpha value is -0.850. The van der Waals surface area contributed by atoms with E-state index in [1.165, 1.54) is 0 Å². The topological polar surface area (TPSA) is 45.2 Å². The number of carbonyl (C=O) groups excluding carboxylic acids is 1. The Balaban J connectivity index is 1.83. The molecule has 2 atom stereocenters. The van der Waals surface area contributed by atoms with Crippen LogP contribution >= 0.6 is 0 Å². The average molecular weight is 313 g/mol. The SMILES string of the molecule is CN(C)CC1CN([C@@H]2CCN(C(=O)OC(C)(C)C)C2)CCO1. The molecule has 128 valence electrons. The fourth-order valence-electron chi connectivity index (χ4n) is 3.12. The van der Waals surface area contributed by atoms with Crippen LogP contribution in [0.4, 0.5) is 4.79 Å². The smallest absolute Gasteiger partial charge is 0.410 e. The zero-order valence-electron chi connectivity index (χ0n) is 14.7. The number of hydrogen-bond donors (Lipinski definition) is 0. The first-order valence-corrected chi connectivity index (χ1v) is 8.23. The van der Waals surface area contributed by atoms with Crippen LogP contribution in [0.3, 0.4) is 0 Å². The molecule has 0 aromatic rings. The van der Waals surface area contributed by atoms with Crippen molar-refractivity contribution in [3.05, 3.63) is 0 Å². The van der Waals surface area contributed by atoms with Crippen molar-refractivity contribution in [1.82, 2.24) is 14.7 Å². The van der Waals surface area contributed by atoms with Crippen LogP contribution in [0.5, 0.6) is 0 Å². The maximum absolute atomic E-state index is 12.2. The van der Waals surface area contributed by atoms with Gasteiger partial charge in [-0.1, -0.05) is 0 Å².